The zero-order valence-corrected chi connectivity index (χ0v) is 12.6. The first-order valence-electron chi connectivity index (χ1n) is 7.05. The van der Waals surface area contributed by atoms with Crippen LogP contribution in [0.3, 0.4) is 0 Å². The maximum Gasteiger partial charge on any atom is 0.260 e. The first kappa shape index (κ1) is 16.2. The third-order valence-corrected chi connectivity index (χ3v) is 3.37. The summed E-state index contributed by atoms with van der Waals surface area (Å²) in [5.74, 6) is 0.327. The van der Waals surface area contributed by atoms with Crippen molar-refractivity contribution in [3.63, 3.8) is 0 Å². The topological polar surface area (TPSA) is 55.4 Å². The maximum atomic E-state index is 12.1. The van der Waals surface area contributed by atoms with Gasteiger partial charge in [0.15, 0.2) is 12.4 Å². The molecule has 1 aromatic rings. The van der Waals surface area contributed by atoms with Crippen LogP contribution in [0.2, 0.25) is 0 Å². The van der Waals surface area contributed by atoms with Crippen LogP contribution in [0.25, 0.3) is 0 Å². The molecular weight excluding hydrogens is 254 g/mol. The molecular formula is C16H23NO3. The number of aryl methyl sites for hydroxylation is 1. The second-order valence-corrected chi connectivity index (χ2v) is 4.89. The van der Waals surface area contributed by atoms with Crippen LogP contribution in [-0.2, 0) is 4.79 Å². The first-order chi connectivity index (χ1) is 9.53. The molecule has 4 nitrogen and oxygen atoms in total. The van der Waals surface area contributed by atoms with E-state index in [0.29, 0.717) is 11.3 Å². The van der Waals surface area contributed by atoms with Crippen molar-refractivity contribution < 1.29 is 14.3 Å². The van der Waals surface area contributed by atoms with Gasteiger partial charge in [-0.2, -0.15) is 0 Å². The van der Waals surface area contributed by atoms with Crippen LogP contribution < -0.4 is 10.1 Å². The molecule has 0 fully saturated rings. The van der Waals surface area contributed by atoms with Crippen molar-refractivity contribution in [2.45, 2.75) is 52.7 Å². The minimum Gasteiger partial charge on any atom is -0.480 e. The number of aldehydes is 1. The summed E-state index contributed by atoms with van der Waals surface area (Å²) in [6.45, 7) is 7.62. The highest BCUT2D eigenvalue weighted by atomic mass is 16.5. The van der Waals surface area contributed by atoms with E-state index < -0.39 is 6.10 Å². The van der Waals surface area contributed by atoms with Gasteiger partial charge in [-0.3, -0.25) is 9.59 Å². The molecule has 4 heteroatoms. The van der Waals surface area contributed by atoms with Gasteiger partial charge in [0.2, 0.25) is 0 Å². The molecule has 1 aromatic carbocycles. The predicted molar refractivity (Wildman–Crippen MR) is 79.2 cm³/mol. The Bertz CT molecular complexity index is 467. The Morgan fingerprint density at radius 1 is 1.35 bits per heavy atom. The lowest BCUT2D eigenvalue weighted by Gasteiger charge is -2.20. The predicted octanol–water partition coefficient (Wildman–Crippen LogP) is 2.88. The molecule has 0 bridgehead atoms. The molecule has 20 heavy (non-hydrogen) atoms. The van der Waals surface area contributed by atoms with E-state index in [2.05, 4.69) is 5.32 Å². The van der Waals surface area contributed by atoms with E-state index in [4.69, 9.17) is 4.74 Å². The standard InChI is InChI=1S/C16H23NO3/c1-5-14(6-2)17-16(19)12(4)20-15-11(3)8-7-9-13(15)10-18/h7-10,12,14H,5-6H2,1-4H3,(H,17,19). The number of hydrogen-bond acceptors (Lipinski definition) is 3. The number of carbonyl (C=O) groups excluding carboxylic acids is 2. The summed E-state index contributed by atoms with van der Waals surface area (Å²) in [6, 6.07) is 5.49. The molecule has 110 valence electrons. The normalized spacial score (nSPS) is 12.1. The maximum absolute atomic E-state index is 12.1. The van der Waals surface area contributed by atoms with E-state index in [9.17, 15) is 9.59 Å². The molecule has 1 N–H and O–H groups in total. The fraction of sp³-hybridized carbons (Fsp3) is 0.500. The lowest BCUT2D eigenvalue weighted by Crippen LogP contribution is -2.42. The molecule has 0 saturated carbocycles. The molecule has 0 aromatic heterocycles. The molecule has 1 amide bonds. The van der Waals surface area contributed by atoms with Crippen LogP contribution in [0.1, 0.15) is 49.5 Å². The lowest BCUT2D eigenvalue weighted by atomic mass is 10.1. The van der Waals surface area contributed by atoms with Gasteiger partial charge in [-0.05, 0) is 38.3 Å². The molecule has 0 saturated heterocycles. The Kier molecular flexibility index (Phi) is 6.22. The van der Waals surface area contributed by atoms with Crippen molar-refractivity contribution in [2.24, 2.45) is 0 Å². The molecule has 0 aliphatic rings. The van der Waals surface area contributed by atoms with Crippen LogP contribution in [-0.4, -0.2) is 24.3 Å². The van der Waals surface area contributed by atoms with E-state index in [1.165, 1.54) is 0 Å². The molecule has 0 aliphatic heterocycles. The number of benzene rings is 1. The summed E-state index contributed by atoms with van der Waals surface area (Å²) in [6.07, 6.45) is 1.89. The molecule has 0 radical (unpaired) electrons. The number of para-hydroxylation sites is 1. The number of hydrogen-bond donors (Lipinski definition) is 1. The number of carbonyl (C=O) groups is 2. The number of ether oxygens (including phenoxy) is 1. The fourth-order valence-electron chi connectivity index (χ4n) is 1.97. The van der Waals surface area contributed by atoms with E-state index in [1.807, 2.05) is 26.8 Å². The zero-order chi connectivity index (χ0) is 15.1. The number of amides is 1. The number of nitrogens with one attached hydrogen (secondary N) is 1. The Morgan fingerprint density at radius 2 is 2.00 bits per heavy atom. The van der Waals surface area contributed by atoms with Gasteiger partial charge >= 0.3 is 0 Å². The number of rotatable bonds is 7. The van der Waals surface area contributed by atoms with Gasteiger partial charge in [-0.15, -0.1) is 0 Å². The average molecular weight is 277 g/mol. The van der Waals surface area contributed by atoms with Crippen LogP contribution in [0, 0.1) is 6.92 Å². The third-order valence-electron chi connectivity index (χ3n) is 3.37. The molecule has 0 aliphatic carbocycles. The average Bonchev–Trinajstić information content (AvgIpc) is 2.46. The minimum atomic E-state index is -0.629. The molecule has 0 heterocycles. The summed E-state index contributed by atoms with van der Waals surface area (Å²) in [5, 5.41) is 2.94. The van der Waals surface area contributed by atoms with Gasteiger partial charge in [0.05, 0.1) is 5.56 Å². The Labute approximate surface area is 120 Å². The monoisotopic (exact) mass is 277 g/mol. The van der Waals surface area contributed by atoms with Crippen molar-refractivity contribution in [3.8, 4) is 5.75 Å². The summed E-state index contributed by atoms with van der Waals surface area (Å²) in [5.41, 5.74) is 1.31. The second-order valence-electron chi connectivity index (χ2n) is 4.89. The Morgan fingerprint density at radius 3 is 2.55 bits per heavy atom. The summed E-state index contributed by atoms with van der Waals surface area (Å²) in [4.78, 5) is 23.1. The van der Waals surface area contributed by atoms with E-state index in [-0.39, 0.29) is 11.9 Å². The highest BCUT2D eigenvalue weighted by molar-refractivity contribution is 5.83. The van der Waals surface area contributed by atoms with Gasteiger partial charge in [-0.1, -0.05) is 26.0 Å². The van der Waals surface area contributed by atoms with Crippen LogP contribution in [0.15, 0.2) is 18.2 Å². The second kappa shape index (κ2) is 7.68. The fourth-order valence-corrected chi connectivity index (χ4v) is 1.97. The van der Waals surface area contributed by atoms with Gasteiger partial charge in [-0.25, -0.2) is 0 Å². The van der Waals surface area contributed by atoms with E-state index in [1.54, 1.807) is 19.1 Å². The highest BCUT2D eigenvalue weighted by Crippen LogP contribution is 2.23. The largest absolute Gasteiger partial charge is 0.480 e. The van der Waals surface area contributed by atoms with Gasteiger partial charge in [0.1, 0.15) is 5.75 Å². The quantitative estimate of drug-likeness (QED) is 0.780. The molecule has 1 rings (SSSR count). The van der Waals surface area contributed by atoms with Crippen molar-refractivity contribution in [1.82, 2.24) is 5.32 Å². The summed E-state index contributed by atoms with van der Waals surface area (Å²) < 4.78 is 5.68. The molecule has 1 atom stereocenters. The molecule has 1 unspecified atom stereocenters. The Hall–Kier alpha value is -1.84. The van der Waals surface area contributed by atoms with Crippen LogP contribution >= 0.6 is 0 Å². The van der Waals surface area contributed by atoms with Crippen molar-refractivity contribution in [2.75, 3.05) is 0 Å². The lowest BCUT2D eigenvalue weighted by molar-refractivity contribution is -0.128. The van der Waals surface area contributed by atoms with Gasteiger partial charge < -0.3 is 10.1 Å². The van der Waals surface area contributed by atoms with E-state index >= 15 is 0 Å². The SMILES string of the molecule is CCC(CC)NC(=O)C(C)Oc1c(C)cccc1C=O. The first-order valence-corrected chi connectivity index (χ1v) is 7.05. The highest BCUT2D eigenvalue weighted by Gasteiger charge is 2.19. The van der Waals surface area contributed by atoms with Crippen molar-refractivity contribution >= 4 is 12.2 Å². The van der Waals surface area contributed by atoms with E-state index in [0.717, 1.165) is 24.7 Å². The van der Waals surface area contributed by atoms with Gasteiger partial charge in [0, 0.05) is 6.04 Å². The third kappa shape index (κ3) is 4.08. The van der Waals surface area contributed by atoms with Crippen LogP contribution in [0.5, 0.6) is 5.75 Å². The molecule has 0 spiro atoms. The smallest absolute Gasteiger partial charge is 0.260 e. The van der Waals surface area contributed by atoms with Gasteiger partial charge in [0.25, 0.3) is 5.91 Å². The summed E-state index contributed by atoms with van der Waals surface area (Å²) in [7, 11) is 0. The van der Waals surface area contributed by atoms with Crippen LogP contribution in [0.4, 0.5) is 0 Å². The van der Waals surface area contributed by atoms with Crippen molar-refractivity contribution in [1.29, 1.82) is 0 Å². The zero-order valence-electron chi connectivity index (χ0n) is 12.6. The Balaban J connectivity index is 2.78. The van der Waals surface area contributed by atoms with Crippen molar-refractivity contribution in [3.05, 3.63) is 29.3 Å². The minimum absolute atomic E-state index is 0.154. The summed E-state index contributed by atoms with van der Waals surface area (Å²) >= 11 is 0.